The van der Waals surface area contributed by atoms with E-state index in [9.17, 15) is 4.79 Å². The van der Waals surface area contributed by atoms with Crippen LogP contribution in [-0.4, -0.2) is 66.5 Å². The zero-order valence-corrected chi connectivity index (χ0v) is 14.2. The fourth-order valence-electron chi connectivity index (χ4n) is 2.83. The quantitative estimate of drug-likeness (QED) is 0.826. The third-order valence-electron chi connectivity index (χ3n) is 4.13. The second-order valence-electron chi connectivity index (χ2n) is 5.82. The minimum absolute atomic E-state index is 0.110. The average molecular weight is 321 g/mol. The lowest BCUT2D eigenvalue weighted by atomic mass is 10.1. The Morgan fingerprint density at radius 2 is 1.91 bits per heavy atom. The van der Waals surface area contributed by atoms with E-state index in [0.717, 1.165) is 39.1 Å². The van der Waals surface area contributed by atoms with Gasteiger partial charge in [-0.1, -0.05) is 30.3 Å². The minimum atomic E-state index is -0.348. The summed E-state index contributed by atoms with van der Waals surface area (Å²) in [5.74, 6) is 0.814. The maximum atomic E-state index is 12.2. The lowest BCUT2D eigenvalue weighted by Gasteiger charge is -2.35. The van der Waals surface area contributed by atoms with E-state index < -0.39 is 0 Å². The number of rotatable bonds is 7. The third kappa shape index (κ3) is 5.30. The van der Waals surface area contributed by atoms with Crippen LogP contribution in [0.15, 0.2) is 30.3 Å². The summed E-state index contributed by atoms with van der Waals surface area (Å²) in [6.45, 7) is 4.66. The average Bonchev–Trinajstić information content (AvgIpc) is 2.56. The Morgan fingerprint density at radius 3 is 2.55 bits per heavy atom. The number of benzene rings is 1. The van der Waals surface area contributed by atoms with Gasteiger partial charge in [0.05, 0.1) is 6.04 Å². The number of carbonyl (C=O) groups is 1. The number of thioether (sulfide) groups is 1. The van der Waals surface area contributed by atoms with Crippen LogP contribution in [0.25, 0.3) is 0 Å². The molecule has 122 valence electrons. The van der Waals surface area contributed by atoms with Crippen LogP contribution in [0.3, 0.4) is 0 Å². The Labute approximate surface area is 138 Å². The van der Waals surface area contributed by atoms with Crippen molar-refractivity contribution in [3.8, 4) is 0 Å². The van der Waals surface area contributed by atoms with E-state index in [0.29, 0.717) is 5.75 Å². The zero-order chi connectivity index (χ0) is 15.8. The van der Waals surface area contributed by atoms with Gasteiger partial charge in [0.2, 0.25) is 5.91 Å². The largest absolute Gasteiger partial charge is 0.339 e. The smallest absolute Gasteiger partial charge is 0.240 e. The summed E-state index contributed by atoms with van der Waals surface area (Å²) in [6.07, 6.45) is 4.28. The molecule has 2 rings (SSSR count). The molecule has 1 aliphatic rings. The number of nitrogens with two attached hydrogens (primary N) is 1. The predicted molar refractivity (Wildman–Crippen MR) is 94.1 cm³/mol. The summed E-state index contributed by atoms with van der Waals surface area (Å²) < 4.78 is 0. The van der Waals surface area contributed by atoms with Crippen LogP contribution >= 0.6 is 11.8 Å². The first kappa shape index (κ1) is 17.3. The van der Waals surface area contributed by atoms with E-state index in [2.05, 4.69) is 35.2 Å². The number of aryl methyl sites for hydroxylation is 1. The van der Waals surface area contributed by atoms with Gasteiger partial charge in [-0.05, 0) is 31.2 Å². The number of amides is 1. The second kappa shape index (κ2) is 9.18. The predicted octanol–water partition coefficient (Wildman–Crippen LogP) is 1.45. The van der Waals surface area contributed by atoms with Gasteiger partial charge >= 0.3 is 0 Å². The Kier molecular flexibility index (Phi) is 7.22. The minimum Gasteiger partial charge on any atom is -0.339 e. The number of carbonyl (C=O) groups excluding carboxylic acids is 1. The Morgan fingerprint density at radius 1 is 1.23 bits per heavy atom. The molecule has 1 heterocycles. The molecule has 22 heavy (non-hydrogen) atoms. The molecule has 0 bridgehead atoms. The molecule has 1 amide bonds. The van der Waals surface area contributed by atoms with Crippen molar-refractivity contribution in [2.45, 2.75) is 18.9 Å². The highest BCUT2D eigenvalue weighted by atomic mass is 32.2. The van der Waals surface area contributed by atoms with Gasteiger partial charge in [0.1, 0.15) is 0 Å². The molecule has 0 radical (unpaired) electrons. The van der Waals surface area contributed by atoms with E-state index >= 15 is 0 Å². The lowest BCUT2D eigenvalue weighted by molar-refractivity contribution is -0.133. The molecule has 5 heteroatoms. The molecule has 1 aliphatic heterocycles. The molecule has 1 aromatic rings. The van der Waals surface area contributed by atoms with E-state index in [1.807, 2.05) is 11.2 Å². The summed E-state index contributed by atoms with van der Waals surface area (Å²) in [6, 6.07) is 10.3. The fourth-order valence-corrected chi connectivity index (χ4v) is 3.33. The highest BCUT2D eigenvalue weighted by Gasteiger charge is 2.24. The van der Waals surface area contributed by atoms with E-state index in [1.54, 1.807) is 11.8 Å². The van der Waals surface area contributed by atoms with Crippen LogP contribution < -0.4 is 5.73 Å². The molecule has 1 atom stereocenters. The zero-order valence-electron chi connectivity index (χ0n) is 13.4. The Balaban J connectivity index is 1.66. The van der Waals surface area contributed by atoms with Crippen molar-refractivity contribution in [1.82, 2.24) is 9.80 Å². The first-order chi connectivity index (χ1) is 10.7. The van der Waals surface area contributed by atoms with Crippen LogP contribution in [0.5, 0.6) is 0 Å². The van der Waals surface area contributed by atoms with Gasteiger partial charge < -0.3 is 10.6 Å². The van der Waals surface area contributed by atoms with Crippen molar-refractivity contribution in [2.24, 2.45) is 5.73 Å². The summed E-state index contributed by atoms with van der Waals surface area (Å²) in [7, 11) is 0. The molecule has 0 spiro atoms. The highest BCUT2D eigenvalue weighted by molar-refractivity contribution is 7.98. The van der Waals surface area contributed by atoms with E-state index in [1.165, 1.54) is 12.0 Å². The maximum absolute atomic E-state index is 12.2. The molecule has 0 unspecified atom stereocenters. The van der Waals surface area contributed by atoms with Gasteiger partial charge in [0.25, 0.3) is 0 Å². The summed E-state index contributed by atoms with van der Waals surface area (Å²) in [5.41, 5.74) is 7.31. The van der Waals surface area contributed by atoms with Gasteiger partial charge in [-0.2, -0.15) is 11.8 Å². The number of hydrogen-bond donors (Lipinski definition) is 1. The van der Waals surface area contributed by atoms with Gasteiger partial charge in [-0.3, -0.25) is 9.69 Å². The molecule has 0 saturated carbocycles. The summed E-state index contributed by atoms with van der Waals surface area (Å²) in [5, 5.41) is 0. The van der Waals surface area contributed by atoms with Crippen LogP contribution in [-0.2, 0) is 11.2 Å². The van der Waals surface area contributed by atoms with E-state index in [4.69, 9.17) is 5.73 Å². The second-order valence-corrected chi connectivity index (χ2v) is 6.73. The first-order valence-corrected chi connectivity index (χ1v) is 9.39. The first-order valence-electron chi connectivity index (χ1n) is 8.00. The van der Waals surface area contributed by atoms with Crippen LogP contribution in [0.1, 0.15) is 12.0 Å². The van der Waals surface area contributed by atoms with Crippen LogP contribution in [0.4, 0.5) is 0 Å². The highest BCUT2D eigenvalue weighted by Crippen LogP contribution is 2.08. The van der Waals surface area contributed by atoms with Crippen molar-refractivity contribution in [2.75, 3.05) is 44.7 Å². The van der Waals surface area contributed by atoms with Crippen molar-refractivity contribution < 1.29 is 4.79 Å². The lowest BCUT2D eigenvalue weighted by Crippen LogP contribution is -2.53. The molecular formula is C17H27N3OS. The number of hydrogen-bond acceptors (Lipinski definition) is 4. The van der Waals surface area contributed by atoms with Gasteiger partial charge in [-0.15, -0.1) is 0 Å². The third-order valence-corrected chi connectivity index (χ3v) is 4.82. The van der Waals surface area contributed by atoms with Gasteiger partial charge in [0.15, 0.2) is 0 Å². The van der Waals surface area contributed by atoms with Crippen LogP contribution in [0, 0.1) is 0 Å². The summed E-state index contributed by atoms with van der Waals surface area (Å²) in [4.78, 5) is 16.5. The Bertz CT molecular complexity index is 446. The van der Waals surface area contributed by atoms with Crippen molar-refractivity contribution in [3.63, 3.8) is 0 Å². The maximum Gasteiger partial charge on any atom is 0.240 e. The van der Waals surface area contributed by atoms with Gasteiger partial charge in [0, 0.05) is 31.9 Å². The SMILES string of the molecule is CSC[C@H](N)C(=O)N1CCN(CCCc2ccccc2)CC1. The molecule has 4 nitrogen and oxygen atoms in total. The monoisotopic (exact) mass is 321 g/mol. The van der Waals surface area contributed by atoms with Crippen molar-refractivity contribution in [3.05, 3.63) is 35.9 Å². The summed E-state index contributed by atoms with van der Waals surface area (Å²) >= 11 is 1.63. The fraction of sp³-hybridized carbons (Fsp3) is 0.588. The molecule has 1 fully saturated rings. The normalized spacial score (nSPS) is 17.5. The topological polar surface area (TPSA) is 49.6 Å². The number of nitrogens with zero attached hydrogens (tertiary/aromatic N) is 2. The van der Waals surface area contributed by atoms with E-state index in [-0.39, 0.29) is 11.9 Å². The Hall–Kier alpha value is -1.04. The molecule has 1 aromatic carbocycles. The molecule has 2 N–H and O–H groups in total. The van der Waals surface area contributed by atoms with Crippen molar-refractivity contribution >= 4 is 17.7 Å². The molecule has 0 aliphatic carbocycles. The van der Waals surface area contributed by atoms with Gasteiger partial charge in [-0.25, -0.2) is 0 Å². The standard InChI is InChI=1S/C17H27N3OS/c1-22-14-16(18)17(21)20-12-10-19(11-13-20)9-5-8-15-6-3-2-4-7-15/h2-4,6-7,16H,5,8-14,18H2,1H3/t16-/m0/s1. The molecular weight excluding hydrogens is 294 g/mol. The van der Waals surface area contributed by atoms with Crippen LogP contribution in [0.2, 0.25) is 0 Å². The number of piperazine rings is 1. The molecule has 0 aromatic heterocycles. The molecule has 1 saturated heterocycles. The van der Waals surface area contributed by atoms with Crippen molar-refractivity contribution in [1.29, 1.82) is 0 Å².